The smallest absolute Gasteiger partial charge is 0.170 e. The van der Waals surface area contributed by atoms with Crippen molar-refractivity contribution in [3.8, 4) is 11.5 Å². The van der Waals surface area contributed by atoms with Crippen LogP contribution in [0, 0.1) is 6.92 Å². The molecule has 2 rings (SSSR count). The van der Waals surface area contributed by atoms with Crippen molar-refractivity contribution in [1.82, 2.24) is 0 Å². The maximum atomic E-state index is 8.62. The first-order valence-corrected chi connectivity index (χ1v) is 6.48. The van der Waals surface area contributed by atoms with E-state index >= 15 is 0 Å². The largest absolute Gasteiger partial charge is 0.455 e. The van der Waals surface area contributed by atoms with Gasteiger partial charge in [-0.3, -0.25) is 0 Å². The van der Waals surface area contributed by atoms with Crippen molar-refractivity contribution < 1.29 is 9.94 Å². The average molecular weight is 311 g/mol. The zero-order valence-electron chi connectivity index (χ0n) is 10.6. The SMILES string of the molecule is Cc1ccc(Cl)cc1Oc1ccc(C(N)=NO)cc1Cl. The lowest BCUT2D eigenvalue weighted by Gasteiger charge is -2.11. The van der Waals surface area contributed by atoms with E-state index < -0.39 is 0 Å². The molecule has 20 heavy (non-hydrogen) atoms. The maximum absolute atomic E-state index is 8.62. The molecule has 104 valence electrons. The maximum Gasteiger partial charge on any atom is 0.170 e. The molecule has 0 aromatic heterocycles. The van der Waals surface area contributed by atoms with E-state index in [1.165, 1.54) is 0 Å². The minimum Gasteiger partial charge on any atom is -0.455 e. The van der Waals surface area contributed by atoms with Crippen LogP contribution in [0.15, 0.2) is 41.6 Å². The van der Waals surface area contributed by atoms with E-state index in [0.717, 1.165) is 5.56 Å². The second kappa shape index (κ2) is 6.03. The van der Waals surface area contributed by atoms with Crippen LogP contribution in [-0.4, -0.2) is 11.0 Å². The van der Waals surface area contributed by atoms with E-state index in [2.05, 4.69) is 5.16 Å². The number of rotatable bonds is 3. The van der Waals surface area contributed by atoms with Crippen LogP contribution in [0.3, 0.4) is 0 Å². The van der Waals surface area contributed by atoms with Crippen LogP contribution in [0.1, 0.15) is 11.1 Å². The predicted molar refractivity (Wildman–Crippen MR) is 80.2 cm³/mol. The first kappa shape index (κ1) is 14.5. The molecule has 0 bridgehead atoms. The Morgan fingerprint density at radius 3 is 2.55 bits per heavy atom. The Morgan fingerprint density at radius 2 is 1.90 bits per heavy atom. The van der Waals surface area contributed by atoms with Crippen LogP contribution in [0.25, 0.3) is 0 Å². The molecular weight excluding hydrogens is 299 g/mol. The topological polar surface area (TPSA) is 67.8 Å². The zero-order valence-corrected chi connectivity index (χ0v) is 12.1. The average Bonchev–Trinajstić information content (AvgIpc) is 2.44. The van der Waals surface area contributed by atoms with Crippen molar-refractivity contribution >= 4 is 29.0 Å². The Labute approximate surface area is 126 Å². The Bertz CT molecular complexity index is 672. The van der Waals surface area contributed by atoms with Gasteiger partial charge in [-0.1, -0.05) is 34.4 Å². The van der Waals surface area contributed by atoms with Crippen LogP contribution in [0.2, 0.25) is 10.0 Å². The fourth-order valence-corrected chi connectivity index (χ4v) is 1.98. The summed E-state index contributed by atoms with van der Waals surface area (Å²) in [6.07, 6.45) is 0. The van der Waals surface area contributed by atoms with Crippen molar-refractivity contribution in [2.24, 2.45) is 10.9 Å². The Morgan fingerprint density at radius 1 is 1.15 bits per heavy atom. The van der Waals surface area contributed by atoms with Crippen LogP contribution >= 0.6 is 23.2 Å². The molecular formula is C14H12Cl2N2O2. The number of hydrogen-bond acceptors (Lipinski definition) is 3. The molecule has 0 radical (unpaired) electrons. The van der Waals surface area contributed by atoms with Crippen molar-refractivity contribution in [2.45, 2.75) is 6.92 Å². The Hall–Kier alpha value is -1.91. The summed E-state index contributed by atoms with van der Waals surface area (Å²) in [6, 6.07) is 10.2. The molecule has 0 aliphatic heterocycles. The lowest BCUT2D eigenvalue weighted by atomic mass is 10.2. The number of ether oxygens (including phenoxy) is 1. The molecule has 2 aromatic rings. The zero-order chi connectivity index (χ0) is 14.7. The molecule has 4 nitrogen and oxygen atoms in total. The number of nitrogens with zero attached hydrogens (tertiary/aromatic N) is 1. The molecule has 0 spiro atoms. The number of oxime groups is 1. The lowest BCUT2D eigenvalue weighted by molar-refractivity contribution is 0.318. The van der Waals surface area contributed by atoms with Crippen LogP contribution in [0.4, 0.5) is 0 Å². The minimum absolute atomic E-state index is 0.0163. The molecule has 2 aromatic carbocycles. The summed E-state index contributed by atoms with van der Waals surface area (Å²) in [6.45, 7) is 1.91. The molecule has 6 heteroatoms. The lowest BCUT2D eigenvalue weighted by Crippen LogP contribution is -2.12. The quantitative estimate of drug-likeness (QED) is 0.386. The van der Waals surface area contributed by atoms with E-state index in [4.69, 9.17) is 38.9 Å². The Kier molecular flexibility index (Phi) is 4.37. The number of hydrogen-bond donors (Lipinski definition) is 2. The van der Waals surface area contributed by atoms with Gasteiger partial charge in [0.2, 0.25) is 0 Å². The van der Waals surface area contributed by atoms with Crippen LogP contribution in [-0.2, 0) is 0 Å². The van der Waals surface area contributed by atoms with Gasteiger partial charge in [0.1, 0.15) is 11.5 Å². The fraction of sp³-hybridized carbons (Fsp3) is 0.0714. The van der Waals surface area contributed by atoms with Crippen molar-refractivity contribution in [3.05, 3.63) is 57.6 Å². The van der Waals surface area contributed by atoms with Crippen LogP contribution < -0.4 is 10.5 Å². The molecule has 0 saturated heterocycles. The van der Waals surface area contributed by atoms with E-state index in [1.807, 2.05) is 13.0 Å². The number of nitrogens with two attached hydrogens (primary N) is 1. The molecule has 0 aliphatic rings. The number of benzene rings is 2. The molecule has 0 aliphatic carbocycles. The van der Waals surface area contributed by atoms with E-state index in [9.17, 15) is 0 Å². The monoisotopic (exact) mass is 310 g/mol. The van der Waals surface area contributed by atoms with Crippen LogP contribution in [0.5, 0.6) is 11.5 Å². The highest BCUT2D eigenvalue weighted by Crippen LogP contribution is 2.33. The van der Waals surface area contributed by atoms with Gasteiger partial charge in [-0.2, -0.15) is 0 Å². The summed E-state index contributed by atoms with van der Waals surface area (Å²) in [7, 11) is 0. The molecule has 0 amide bonds. The minimum atomic E-state index is -0.0163. The normalized spacial score (nSPS) is 11.4. The number of amidine groups is 1. The van der Waals surface area contributed by atoms with Crippen molar-refractivity contribution in [3.63, 3.8) is 0 Å². The molecule has 3 N–H and O–H groups in total. The third kappa shape index (κ3) is 3.15. The summed E-state index contributed by atoms with van der Waals surface area (Å²) < 4.78 is 5.73. The first-order chi connectivity index (χ1) is 9.51. The van der Waals surface area contributed by atoms with E-state index in [0.29, 0.717) is 27.1 Å². The first-order valence-electron chi connectivity index (χ1n) is 5.72. The standard InChI is InChI=1S/C14H12Cl2N2O2/c1-8-2-4-10(15)7-13(8)20-12-5-3-9(6-11(12)16)14(17)18-19/h2-7,19H,1H3,(H2,17,18). The highest BCUT2D eigenvalue weighted by atomic mass is 35.5. The predicted octanol–water partition coefficient (Wildman–Crippen LogP) is 4.19. The second-order valence-electron chi connectivity index (χ2n) is 4.14. The molecule has 0 atom stereocenters. The summed E-state index contributed by atoms with van der Waals surface area (Å²) in [5.74, 6) is 1.07. The van der Waals surface area contributed by atoms with Crippen molar-refractivity contribution in [2.75, 3.05) is 0 Å². The summed E-state index contributed by atoms with van der Waals surface area (Å²) in [4.78, 5) is 0. The van der Waals surface area contributed by atoms with E-state index in [1.54, 1.807) is 30.3 Å². The second-order valence-corrected chi connectivity index (χ2v) is 4.99. The van der Waals surface area contributed by atoms with Gasteiger partial charge in [0.15, 0.2) is 5.84 Å². The third-order valence-electron chi connectivity index (χ3n) is 2.71. The van der Waals surface area contributed by atoms with Gasteiger partial charge in [-0.05, 0) is 42.8 Å². The van der Waals surface area contributed by atoms with Gasteiger partial charge in [-0.25, -0.2) is 0 Å². The van der Waals surface area contributed by atoms with Gasteiger partial charge in [0, 0.05) is 10.6 Å². The summed E-state index contributed by atoms with van der Waals surface area (Å²) >= 11 is 12.1. The van der Waals surface area contributed by atoms with Gasteiger partial charge >= 0.3 is 0 Å². The van der Waals surface area contributed by atoms with E-state index in [-0.39, 0.29) is 5.84 Å². The summed E-state index contributed by atoms with van der Waals surface area (Å²) in [5.41, 5.74) is 6.94. The number of aryl methyl sites for hydroxylation is 1. The molecule has 0 heterocycles. The van der Waals surface area contributed by atoms with Gasteiger partial charge in [0.25, 0.3) is 0 Å². The third-order valence-corrected chi connectivity index (χ3v) is 3.24. The van der Waals surface area contributed by atoms with Gasteiger partial charge in [-0.15, -0.1) is 0 Å². The van der Waals surface area contributed by atoms with Crippen molar-refractivity contribution in [1.29, 1.82) is 0 Å². The highest BCUT2D eigenvalue weighted by Gasteiger charge is 2.09. The molecule has 0 fully saturated rings. The number of halogens is 2. The highest BCUT2D eigenvalue weighted by molar-refractivity contribution is 6.32. The van der Waals surface area contributed by atoms with Gasteiger partial charge in [0.05, 0.1) is 5.02 Å². The summed E-state index contributed by atoms with van der Waals surface area (Å²) in [5, 5.41) is 12.5. The Balaban J connectivity index is 2.33. The van der Waals surface area contributed by atoms with Gasteiger partial charge < -0.3 is 15.7 Å². The fourth-order valence-electron chi connectivity index (χ4n) is 1.60. The molecule has 0 unspecified atom stereocenters. The molecule has 0 saturated carbocycles.